The van der Waals surface area contributed by atoms with Crippen molar-refractivity contribution in [2.24, 2.45) is 0 Å². The maximum atomic E-state index is 15.8. The van der Waals surface area contributed by atoms with E-state index in [1.54, 1.807) is 15.9 Å². The van der Waals surface area contributed by atoms with Crippen LogP contribution in [-0.4, -0.2) is 80.9 Å². The second-order valence-electron chi connectivity index (χ2n) is 10.5. The van der Waals surface area contributed by atoms with Gasteiger partial charge in [-0.2, -0.15) is 10.1 Å². The number of hydrogen-bond donors (Lipinski definition) is 2. The van der Waals surface area contributed by atoms with Gasteiger partial charge in [-0.1, -0.05) is 20.4 Å². The van der Waals surface area contributed by atoms with E-state index in [4.69, 9.17) is 5.73 Å². The number of pyridine rings is 2. The Morgan fingerprint density at radius 3 is 2.62 bits per heavy atom. The topological polar surface area (TPSA) is 173 Å². The summed E-state index contributed by atoms with van der Waals surface area (Å²) in [6.45, 7) is 10.0. The molecular weight excluding hydrogens is 565 g/mol. The number of anilines is 2. The summed E-state index contributed by atoms with van der Waals surface area (Å²) in [5.41, 5.74) is 5.61. The van der Waals surface area contributed by atoms with Gasteiger partial charge in [0.05, 0.1) is 23.0 Å². The van der Waals surface area contributed by atoms with E-state index in [9.17, 15) is 18.0 Å². The van der Waals surface area contributed by atoms with Crippen molar-refractivity contribution in [3.05, 3.63) is 59.0 Å². The highest BCUT2D eigenvalue weighted by molar-refractivity contribution is 7.90. The minimum Gasteiger partial charge on any atom is -0.396 e. The lowest BCUT2D eigenvalue weighted by molar-refractivity contribution is -0.126. The number of carbonyl (C=O) groups excluding carboxylic acids is 1. The summed E-state index contributed by atoms with van der Waals surface area (Å²) in [7, 11) is -3.94. The van der Waals surface area contributed by atoms with Crippen LogP contribution in [0.2, 0.25) is 0 Å². The molecule has 13 nitrogen and oxygen atoms in total. The molecule has 5 rings (SSSR count). The van der Waals surface area contributed by atoms with E-state index in [2.05, 4.69) is 31.7 Å². The van der Waals surface area contributed by atoms with Crippen LogP contribution in [0.4, 0.5) is 15.9 Å². The van der Waals surface area contributed by atoms with E-state index in [0.717, 1.165) is 10.8 Å². The predicted molar refractivity (Wildman–Crippen MR) is 156 cm³/mol. The number of nitrogens with two attached hydrogens (primary N) is 1. The fourth-order valence-corrected chi connectivity index (χ4v) is 6.01. The van der Waals surface area contributed by atoms with E-state index >= 15 is 4.39 Å². The number of aromatic nitrogens is 6. The van der Waals surface area contributed by atoms with Gasteiger partial charge in [0.1, 0.15) is 17.2 Å². The first-order valence-electron chi connectivity index (χ1n) is 13.1. The number of hydrogen-bond acceptors (Lipinski definition) is 10. The number of rotatable bonds is 6. The number of fused-ring (bicyclic) bond motifs is 1. The Balaban J connectivity index is 1.87. The second-order valence-corrected chi connectivity index (χ2v) is 12.4. The molecule has 1 saturated heterocycles. The normalized spacial score (nSPS) is 15.9. The number of nitrogens with zero attached hydrogens (tertiary/aromatic N) is 7. The Morgan fingerprint density at radius 2 is 2.02 bits per heavy atom. The maximum Gasteiger partial charge on any atom is 0.355 e. The SMILES string of the molecule is C=CC(=O)N1CCN(c2nc(=O)n(-c3c(C(C)C)ccnc3S(C)(=O)=O)c3nc(-c4[nH]ncc4N)c(F)cc23)[C@@H](C)C1. The van der Waals surface area contributed by atoms with Crippen LogP contribution in [0.5, 0.6) is 0 Å². The fourth-order valence-electron chi connectivity index (χ4n) is 5.20. The van der Waals surface area contributed by atoms with Crippen molar-refractivity contribution in [3.63, 3.8) is 0 Å². The molecule has 1 amide bonds. The summed E-state index contributed by atoms with van der Waals surface area (Å²) < 4.78 is 42.7. The molecule has 3 N–H and O–H groups in total. The van der Waals surface area contributed by atoms with E-state index < -0.39 is 21.3 Å². The first-order chi connectivity index (χ1) is 19.8. The molecule has 0 radical (unpaired) electrons. The molecule has 1 aliphatic heterocycles. The average Bonchev–Trinajstić information content (AvgIpc) is 3.36. The molecule has 5 heterocycles. The number of sulfone groups is 1. The van der Waals surface area contributed by atoms with Gasteiger partial charge in [-0.15, -0.1) is 0 Å². The Bertz CT molecular complexity index is 1900. The summed E-state index contributed by atoms with van der Waals surface area (Å²) in [6.07, 6.45) is 4.89. The Labute approximate surface area is 240 Å². The number of H-pyrrole nitrogens is 1. The fraction of sp³-hybridized carbons (Fsp3) is 0.333. The van der Waals surface area contributed by atoms with E-state index in [-0.39, 0.29) is 62.5 Å². The summed E-state index contributed by atoms with van der Waals surface area (Å²) in [6, 6.07) is 2.50. The van der Waals surface area contributed by atoms with Crippen molar-refractivity contribution in [1.82, 2.24) is 34.6 Å². The summed E-state index contributed by atoms with van der Waals surface area (Å²) in [5, 5.41) is 6.30. The maximum absolute atomic E-state index is 15.8. The van der Waals surface area contributed by atoms with E-state index in [1.165, 1.54) is 24.5 Å². The van der Waals surface area contributed by atoms with Crippen molar-refractivity contribution in [1.29, 1.82) is 0 Å². The van der Waals surface area contributed by atoms with Crippen molar-refractivity contribution < 1.29 is 17.6 Å². The second kappa shape index (κ2) is 10.6. The smallest absolute Gasteiger partial charge is 0.355 e. The van der Waals surface area contributed by atoms with Crippen LogP contribution in [0.1, 0.15) is 32.3 Å². The minimum atomic E-state index is -3.94. The zero-order chi connectivity index (χ0) is 30.5. The van der Waals surface area contributed by atoms with Gasteiger partial charge >= 0.3 is 5.69 Å². The lowest BCUT2D eigenvalue weighted by Crippen LogP contribution is -2.54. The molecule has 1 atom stereocenters. The third-order valence-corrected chi connectivity index (χ3v) is 8.21. The molecule has 4 aromatic rings. The molecule has 4 aromatic heterocycles. The van der Waals surface area contributed by atoms with Gasteiger partial charge in [0, 0.05) is 38.1 Å². The molecule has 220 valence electrons. The van der Waals surface area contributed by atoms with Crippen molar-refractivity contribution >= 4 is 38.3 Å². The van der Waals surface area contributed by atoms with Gasteiger partial charge in [-0.3, -0.25) is 9.89 Å². The van der Waals surface area contributed by atoms with Gasteiger partial charge in [-0.25, -0.2) is 32.1 Å². The first kappa shape index (κ1) is 28.9. The number of aromatic amines is 1. The van der Waals surface area contributed by atoms with Crippen LogP contribution in [0.15, 0.2) is 47.0 Å². The highest BCUT2D eigenvalue weighted by Crippen LogP contribution is 2.35. The zero-order valence-corrected chi connectivity index (χ0v) is 24.3. The molecule has 15 heteroatoms. The van der Waals surface area contributed by atoms with Gasteiger partial charge in [-0.05, 0) is 36.6 Å². The molecule has 0 spiro atoms. The van der Waals surface area contributed by atoms with Gasteiger partial charge in [0.15, 0.2) is 26.3 Å². The number of amides is 1. The van der Waals surface area contributed by atoms with Crippen LogP contribution in [-0.2, 0) is 14.6 Å². The molecule has 0 aromatic carbocycles. The summed E-state index contributed by atoms with van der Waals surface area (Å²) in [5.74, 6) is -1.08. The number of nitrogen functional groups attached to an aromatic ring is 1. The summed E-state index contributed by atoms with van der Waals surface area (Å²) >= 11 is 0. The monoisotopic (exact) mass is 595 g/mol. The Kier molecular flexibility index (Phi) is 7.30. The third kappa shape index (κ3) is 4.89. The number of carbonyl (C=O) groups is 1. The van der Waals surface area contributed by atoms with Crippen molar-refractivity contribution in [3.8, 4) is 17.1 Å². The van der Waals surface area contributed by atoms with E-state index in [1.807, 2.05) is 20.8 Å². The standard InChI is InChI=1S/C27H30FN9O4S/c1-6-20(38)35-9-10-36(15(4)13-35)24-17-11-18(28)21(22-19(29)12-31-34-22)32-25(17)37(27(39)33-24)23-16(14(2)3)7-8-30-26(23)42(5,40)41/h6-8,11-12,14-15H,1,9-10,13,29H2,2-5H3,(H,31,34)/t15-/m0/s1. The molecule has 0 bridgehead atoms. The Hall–Kier alpha value is -4.66. The molecule has 0 unspecified atom stereocenters. The first-order valence-corrected chi connectivity index (χ1v) is 15.0. The average molecular weight is 596 g/mol. The quantitative estimate of drug-likeness (QED) is 0.314. The van der Waals surface area contributed by atoms with Gasteiger partial charge < -0.3 is 15.5 Å². The van der Waals surface area contributed by atoms with Crippen LogP contribution < -0.4 is 16.3 Å². The van der Waals surface area contributed by atoms with E-state index in [0.29, 0.717) is 25.2 Å². The highest BCUT2D eigenvalue weighted by atomic mass is 32.2. The lowest BCUT2D eigenvalue weighted by atomic mass is 10.0. The Morgan fingerprint density at radius 1 is 1.29 bits per heavy atom. The number of piperazine rings is 1. The van der Waals surface area contributed by atoms with Gasteiger partial charge in [0.2, 0.25) is 5.91 Å². The van der Waals surface area contributed by atoms with Crippen molar-refractivity contribution in [2.45, 2.75) is 37.8 Å². The lowest BCUT2D eigenvalue weighted by Gasteiger charge is -2.40. The summed E-state index contributed by atoms with van der Waals surface area (Å²) in [4.78, 5) is 42.6. The largest absolute Gasteiger partial charge is 0.396 e. The van der Waals surface area contributed by atoms with Crippen LogP contribution in [0, 0.1) is 5.82 Å². The zero-order valence-electron chi connectivity index (χ0n) is 23.5. The molecule has 0 saturated carbocycles. The van der Waals surface area contributed by atoms with Crippen LogP contribution in [0.25, 0.3) is 28.1 Å². The van der Waals surface area contributed by atoms with Crippen LogP contribution in [0.3, 0.4) is 0 Å². The van der Waals surface area contributed by atoms with Gasteiger partial charge in [0.25, 0.3) is 0 Å². The van der Waals surface area contributed by atoms with Crippen LogP contribution >= 0.6 is 0 Å². The van der Waals surface area contributed by atoms with Crippen molar-refractivity contribution in [2.75, 3.05) is 36.5 Å². The highest BCUT2D eigenvalue weighted by Gasteiger charge is 2.32. The molecule has 0 aliphatic carbocycles. The third-order valence-electron chi connectivity index (χ3n) is 7.21. The molecule has 42 heavy (non-hydrogen) atoms. The minimum absolute atomic E-state index is 0.0128. The molecule has 1 aliphatic rings. The number of halogens is 1. The molecule has 1 fully saturated rings. The number of nitrogens with one attached hydrogen (secondary N) is 1. The molecular formula is C27H30FN9O4S. The predicted octanol–water partition coefficient (Wildman–Crippen LogP) is 2.04.